The number of amides is 1. The van der Waals surface area contributed by atoms with Crippen LogP contribution in [-0.2, 0) is 5.33 Å². The van der Waals surface area contributed by atoms with Crippen molar-refractivity contribution < 1.29 is 4.79 Å². The van der Waals surface area contributed by atoms with Crippen LogP contribution in [0.25, 0.3) is 0 Å². The number of anilines is 1. The molecule has 0 atom stereocenters. The predicted molar refractivity (Wildman–Crippen MR) is 87.9 cm³/mol. The van der Waals surface area contributed by atoms with Crippen molar-refractivity contribution in [2.24, 2.45) is 0 Å². The molecule has 0 aliphatic carbocycles. The van der Waals surface area contributed by atoms with Crippen molar-refractivity contribution in [3.05, 3.63) is 59.7 Å². The third-order valence-electron chi connectivity index (χ3n) is 3.33. The van der Waals surface area contributed by atoms with Gasteiger partial charge in [-0.2, -0.15) is 0 Å². The first kappa shape index (κ1) is 13.7. The first-order valence-corrected chi connectivity index (χ1v) is 8.59. The van der Waals surface area contributed by atoms with E-state index >= 15 is 0 Å². The Hall–Kier alpha value is -1.26. The second-order valence-electron chi connectivity index (χ2n) is 4.60. The normalized spacial score (nSPS) is 13.9. The van der Waals surface area contributed by atoms with Gasteiger partial charge in [0.05, 0.1) is 5.69 Å². The molecule has 0 aromatic heterocycles. The molecule has 20 heavy (non-hydrogen) atoms. The number of hydrogen-bond donors (Lipinski definition) is 0. The monoisotopic (exact) mass is 347 g/mol. The van der Waals surface area contributed by atoms with Crippen LogP contribution < -0.4 is 4.90 Å². The first-order valence-electron chi connectivity index (χ1n) is 6.48. The number of para-hydroxylation sites is 1. The Morgan fingerprint density at radius 3 is 2.65 bits per heavy atom. The summed E-state index contributed by atoms with van der Waals surface area (Å²) in [7, 11) is 0. The molecule has 0 fully saturated rings. The molecule has 3 rings (SSSR count). The minimum Gasteiger partial charge on any atom is -0.306 e. The molecule has 0 bridgehead atoms. The highest BCUT2D eigenvalue weighted by atomic mass is 79.9. The van der Waals surface area contributed by atoms with E-state index in [2.05, 4.69) is 22.0 Å². The van der Waals surface area contributed by atoms with Gasteiger partial charge in [-0.3, -0.25) is 4.79 Å². The van der Waals surface area contributed by atoms with Crippen LogP contribution in [0.2, 0.25) is 0 Å². The fraction of sp³-hybridized carbons (Fsp3) is 0.188. The van der Waals surface area contributed by atoms with E-state index in [9.17, 15) is 4.79 Å². The average molecular weight is 348 g/mol. The molecule has 2 aromatic rings. The quantitative estimate of drug-likeness (QED) is 0.753. The Bertz CT molecular complexity index is 627. The molecule has 102 valence electrons. The molecular formula is C16H14BrNOS. The number of benzene rings is 2. The molecule has 4 heteroatoms. The number of alkyl halides is 1. The van der Waals surface area contributed by atoms with Crippen LogP contribution in [0, 0.1) is 0 Å². The molecule has 1 aliphatic heterocycles. The van der Waals surface area contributed by atoms with Gasteiger partial charge < -0.3 is 4.90 Å². The molecule has 2 aromatic carbocycles. The van der Waals surface area contributed by atoms with Crippen LogP contribution in [0.1, 0.15) is 15.9 Å². The number of thioether (sulfide) groups is 1. The van der Waals surface area contributed by atoms with E-state index in [0.29, 0.717) is 0 Å². The van der Waals surface area contributed by atoms with Crippen molar-refractivity contribution >= 4 is 39.3 Å². The third-order valence-corrected chi connectivity index (χ3v) is 5.02. The van der Waals surface area contributed by atoms with E-state index in [1.54, 1.807) is 0 Å². The number of halogens is 1. The van der Waals surface area contributed by atoms with Crippen molar-refractivity contribution in [2.75, 3.05) is 17.2 Å². The fourth-order valence-corrected chi connectivity index (χ4v) is 3.64. The molecule has 2 nitrogen and oxygen atoms in total. The lowest BCUT2D eigenvalue weighted by atomic mass is 10.1. The maximum Gasteiger partial charge on any atom is 0.258 e. The highest BCUT2D eigenvalue weighted by molar-refractivity contribution is 9.08. The van der Waals surface area contributed by atoms with Gasteiger partial charge in [-0.1, -0.05) is 40.2 Å². The lowest BCUT2D eigenvalue weighted by Gasteiger charge is -2.29. The van der Waals surface area contributed by atoms with Crippen LogP contribution in [0.4, 0.5) is 5.69 Å². The molecule has 0 saturated carbocycles. The average Bonchev–Trinajstić information content (AvgIpc) is 2.54. The summed E-state index contributed by atoms with van der Waals surface area (Å²) in [5.41, 5.74) is 2.95. The van der Waals surface area contributed by atoms with Gasteiger partial charge in [0.15, 0.2) is 0 Å². The topological polar surface area (TPSA) is 20.3 Å². The van der Waals surface area contributed by atoms with E-state index in [-0.39, 0.29) is 5.91 Å². The van der Waals surface area contributed by atoms with Gasteiger partial charge in [0.1, 0.15) is 0 Å². The van der Waals surface area contributed by atoms with Gasteiger partial charge >= 0.3 is 0 Å². The summed E-state index contributed by atoms with van der Waals surface area (Å²) < 4.78 is 0. The standard InChI is InChI=1S/C16H14BrNOS/c17-11-12-5-7-13(8-6-12)16(19)18-9-10-20-15-4-2-1-3-14(15)18/h1-8H,9-11H2. The Morgan fingerprint density at radius 2 is 1.90 bits per heavy atom. The molecule has 1 heterocycles. The molecular weight excluding hydrogens is 334 g/mol. The predicted octanol–water partition coefficient (Wildman–Crippen LogP) is 4.33. The smallest absolute Gasteiger partial charge is 0.258 e. The minimum absolute atomic E-state index is 0.0823. The van der Waals surface area contributed by atoms with Crippen molar-refractivity contribution in [3.63, 3.8) is 0 Å². The van der Waals surface area contributed by atoms with Crippen molar-refractivity contribution in [2.45, 2.75) is 10.2 Å². The molecule has 1 aliphatic rings. The van der Waals surface area contributed by atoms with Crippen molar-refractivity contribution in [3.8, 4) is 0 Å². The number of hydrogen-bond acceptors (Lipinski definition) is 2. The minimum atomic E-state index is 0.0823. The summed E-state index contributed by atoms with van der Waals surface area (Å²) in [5, 5.41) is 0.810. The van der Waals surface area contributed by atoms with E-state index in [0.717, 1.165) is 28.9 Å². The van der Waals surface area contributed by atoms with Gasteiger partial charge in [-0.05, 0) is 29.8 Å². The second-order valence-corrected chi connectivity index (χ2v) is 6.30. The van der Waals surface area contributed by atoms with Crippen LogP contribution >= 0.6 is 27.7 Å². The lowest BCUT2D eigenvalue weighted by molar-refractivity contribution is 0.0987. The van der Waals surface area contributed by atoms with E-state index in [4.69, 9.17) is 0 Å². The maximum absolute atomic E-state index is 12.7. The SMILES string of the molecule is O=C(c1ccc(CBr)cc1)N1CCSc2ccccc21. The van der Waals surface area contributed by atoms with Gasteiger partial charge in [0, 0.05) is 28.1 Å². The maximum atomic E-state index is 12.7. The summed E-state index contributed by atoms with van der Waals surface area (Å²) >= 11 is 5.23. The molecule has 0 radical (unpaired) electrons. The molecule has 1 amide bonds. The highest BCUT2D eigenvalue weighted by Crippen LogP contribution is 2.35. The number of nitrogens with zero attached hydrogens (tertiary/aromatic N) is 1. The zero-order valence-corrected chi connectivity index (χ0v) is 13.3. The van der Waals surface area contributed by atoms with E-state index < -0.39 is 0 Å². The van der Waals surface area contributed by atoms with Gasteiger partial charge in [-0.15, -0.1) is 11.8 Å². The van der Waals surface area contributed by atoms with Gasteiger partial charge in [0.25, 0.3) is 5.91 Å². The summed E-state index contributed by atoms with van der Waals surface area (Å²) in [6.45, 7) is 0.765. The van der Waals surface area contributed by atoms with E-state index in [1.165, 1.54) is 10.5 Å². The summed E-state index contributed by atoms with van der Waals surface area (Å²) in [5.74, 6) is 1.03. The summed E-state index contributed by atoms with van der Waals surface area (Å²) in [6, 6.07) is 15.9. The Balaban J connectivity index is 1.91. The highest BCUT2D eigenvalue weighted by Gasteiger charge is 2.23. The Kier molecular flexibility index (Phi) is 4.13. The van der Waals surface area contributed by atoms with Crippen LogP contribution in [0.15, 0.2) is 53.4 Å². The van der Waals surface area contributed by atoms with Crippen molar-refractivity contribution in [1.82, 2.24) is 0 Å². The first-order chi connectivity index (χ1) is 9.79. The van der Waals surface area contributed by atoms with Crippen LogP contribution in [0.3, 0.4) is 0 Å². The van der Waals surface area contributed by atoms with Gasteiger partial charge in [-0.25, -0.2) is 0 Å². The molecule has 0 saturated heterocycles. The third kappa shape index (κ3) is 2.63. The number of rotatable bonds is 2. The second kappa shape index (κ2) is 6.02. The molecule has 0 spiro atoms. The number of fused-ring (bicyclic) bond motifs is 1. The van der Waals surface area contributed by atoms with Crippen LogP contribution in [0.5, 0.6) is 0 Å². The molecule has 0 unspecified atom stereocenters. The van der Waals surface area contributed by atoms with Crippen molar-refractivity contribution in [1.29, 1.82) is 0 Å². The van der Waals surface area contributed by atoms with E-state index in [1.807, 2.05) is 59.1 Å². The lowest BCUT2D eigenvalue weighted by Crippen LogP contribution is -2.35. The van der Waals surface area contributed by atoms with Gasteiger partial charge in [0.2, 0.25) is 0 Å². The fourth-order valence-electron chi connectivity index (χ4n) is 2.27. The summed E-state index contributed by atoms with van der Waals surface area (Å²) in [6.07, 6.45) is 0. The zero-order chi connectivity index (χ0) is 13.9. The summed E-state index contributed by atoms with van der Waals surface area (Å²) in [4.78, 5) is 15.7. The number of carbonyl (C=O) groups is 1. The number of carbonyl (C=O) groups excluding carboxylic acids is 1. The Labute approximate surface area is 131 Å². The zero-order valence-electron chi connectivity index (χ0n) is 10.9. The van der Waals surface area contributed by atoms with Crippen LogP contribution in [-0.4, -0.2) is 18.2 Å². The molecule has 0 N–H and O–H groups in total. The Morgan fingerprint density at radius 1 is 1.15 bits per heavy atom. The largest absolute Gasteiger partial charge is 0.306 e.